The maximum absolute atomic E-state index is 14.8. The van der Waals surface area contributed by atoms with Gasteiger partial charge in [-0.15, -0.1) is 0 Å². The largest absolute Gasteiger partial charge is 0.306 e. The highest BCUT2D eigenvalue weighted by atomic mass is 19.2. The number of rotatable bonds is 8. The van der Waals surface area contributed by atoms with Gasteiger partial charge in [-0.05, 0) is 148 Å². The zero-order chi connectivity index (χ0) is 48.0. The van der Waals surface area contributed by atoms with Gasteiger partial charge in [0.25, 0.3) is 0 Å². The highest BCUT2D eigenvalue weighted by Crippen LogP contribution is 2.35. The van der Waals surface area contributed by atoms with E-state index in [1.807, 2.05) is 40.1 Å². The Hall–Kier alpha value is -7.50. The number of imidazole rings is 2. The van der Waals surface area contributed by atoms with Gasteiger partial charge in [-0.2, -0.15) is 10.2 Å². The Labute approximate surface area is 385 Å². The van der Waals surface area contributed by atoms with E-state index in [-0.39, 0.29) is 0 Å². The average Bonchev–Trinajstić information content (AvgIpc) is 4.14. The number of fused-ring (bicyclic) bond motifs is 2. The number of nitrogens with zero attached hydrogens (tertiary/aromatic N) is 10. The van der Waals surface area contributed by atoms with E-state index in [1.54, 1.807) is 67.6 Å². The van der Waals surface area contributed by atoms with Crippen molar-refractivity contribution in [3.8, 4) is 11.4 Å². The molecule has 0 spiro atoms. The van der Waals surface area contributed by atoms with Crippen molar-refractivity contribution in [1.29, 1.82) is 0 Å². The molecule has 0 aliphatic carbocycles. The summed E-state index contributed by atoms with van der Waals surface area (Å²) in [6.07, 6.45) is 16.0. The van der Waals surface area contributed by atoms with Crippen LogP contribution in [0.5, 0.6) is 0 Å². The van der Waals surface area contributed by atoms with E-state index >= 15 is 0 Å². The van der Waals surface area contributed by atoms with Crippen molar-refractivity contribution in [2.24, 2.45) is 0 Å². The second kappa shape index (κ2) is 18.6. The number of hydrogen-bond donors (Lipinski definition) is 0. The Morgan fingerprint density at radius 1 is 0.485 bits per heavy atom. The Kier molecular flexibility index (Phi) is 12.5. The van der Waals surface area contributed by atoms with E-state index in [2.05, 4.69) is 30.1 Å². The lowest BCUT2D eigenvalue weighted by Crippen LogP contribution is -2.18. The van der Waals surface area contributed by atoms with Crippen molar-refractivity contribution in [2.75, 3.05) is 0 Å². The summed E-state index contributed by atoms with van der Waals surface area (Å²) >= 11 is 0. The molecule has 0 amide bonds. The van der Waals surface area contributed by atoms with Gasteiger partial charge in [0.15, 0.2) is 46.6 Å². The lowest BCUT2D eigenvalue weighted by molar-refractivity contribution is 0.427. The molecule has 6 heterocycles. The number of aromatic nitrogens is 10. The van der Waals surface area contributed by atoms with Gasteiger partial charge in [0.2, 0.25) is 0 Å². The first kappa shape index (κ1) is 45.6. The van der Waals surface area contributed by atoms with Crippen molar-refractivity contribution in [3.63, 3.8) is 0 Å². The van der Waals surface area contributed by atoms with Crippen LogP contribution in [0.15, 0.2) is 73.6 Å². The first-order chi connectivity index (χ1) is 32.6. The summed E-state index contributed by atoms with van der Waals surface area (Å²) in [6.45, 7) is 8.71. The van der Waals surface area contributed by atoms with Crippen molar-refractivity contribution in [3.05, 3.63) is 188 Å². The Morgan fingerprint density at radius 3 is 1.22 bits per heavy atom. The van der Waals surface area contributed by atoms with E-state index in [9.17, 15) is 35.1 Å². The Morgan fingerprint density at radius 2 is 0.868 bits per heavy atom. The van der Waals surface area contributed by atoms with Gasteiger partial charge in [0.1, 0.15) is 23.3 Å². The van der Waals surface area contributed by atoms with E-state index < -0.39 is 58.4 Å². The highest BCUT2D eigenvalue weighted by Gasteiger charge is 2.29. The van der Waals surface area contributed by atoms with Crippen molar-refractivity contribution < 1.29 is 35.1 Å². The van der Waals surface area contributed by atoms with Crippen LogP contribution in [-0.4, -0.2) is 48.6 Å². The van der Waals surface area contributed by atoms with E-state index in [0.29, 0.717) is 82.9 Å². The van der Waals surface area contributed by atoms with Crippen LogP contribution in [0.25, 0.3) is 35.7 Å². The lowest BCUT2D eigenvalue weighted by Gasteiger charge is -2.22. The molecule has 10 nitrogen and oxygen atoms in total. The van der Waals surface area contributed by atoms with Crippen molar-refractivity contribution in [2.45, 2.75) is 78.3 Å². The summed E-state index contributed by atoms with van der Waals surface area (Å²) in [5.41, 5.74) is 6.20. The molecule has 2 aliphatic heterocycles. The van der Waals surface area contributed by atoms with Crippen LogP contribution in [0.2, 0.25) is 0 Å². The molecule has 8 aromatic rings. The fourth-order valence-corrected chi connectivity index (χ4v) is 8.70. The molecule has 0 radical (unpaired) electrons. The second-order valence-electron chi connectivity index (χ2n) is 16.9. The predicted octanol–water partition coefficient (Wildman–Crippen LogP) is 11.5. The van der Waals surface area contributed by atoms with Crippen LogP contribution in [0.1, 0.15) is 106 Å². The molecule has 68 heavy (non-hydrogen) atoms. The molecule has 4 aromatic carbocycles. The summed E-state index contributed by atoms with van der Waals surface area (Å²) in [5.74, 6) is -7.73. The molecule has 10 rings (SSSR count). The topological polar surface area (TPSA) is 97.1 Å². The number of hydrogen-bond acceptors (Lipinski definition) is 6. The Bertz CT molecular complexity index is 3010. The zero-order valence-electron chi connectivity index (χ0n) is 37.1. The molecule has 0 saturated carbocycles. The third-order valence-electron chi connectivity index (χ3n) is 12.0. The molecule has 2 aliphatic rings. The minimum atomic E-state index is -1.49. The van der Waals surface area contributed by atoms with Crippen LogP contribution in [0.3, 0.4) is 0 Å². The summed E-state index contributed by atoms with van der Waals surface area (Å²) < 4.78 is 118. The lowest BCUT2D eigenvalue weighted by atomic mass is 9.91. The van der Waals surface area contributed by atoms with Gasteiger partial charge in [-0.3, -0.25) is 0 Å². The molecular formula is C50H42F8N10. The zero-order valence-corrected chi connectivity index (χ0v) is 37.1. The second-order valence-corrected chi connectivity index (χ2v) is 16.9. The van der Waals surface area contributed by atoms with Gasteiger partial charge in [-0.25, -0.2) is 64.4 Å². The summed E-state index contributed by atoms with van der Waals surface area (Å²) in [6, 6.07) is 10.4. The molecule has 2 atom stereocenters. The minimum absolute atomic E-state index is 0.312. The fourth-order valence-electron chi connectivity index (χ4n) is 8.70. The molecule has 0 unspecified atom stereocenters. The average molecular weight is 935 g/mol. The molecule has 0 saturated heterocycles. The van der Waals surface area contributed by atoms with Gasteiger partial charge < -0.3 is 9.13 Å². The Balaban J connectivity index is 0.000000170. The third kappa shape index (κ3) is 9.26. The van der Waals surface area contributed by atoms with Crippen molar-refractivity contribution in [1.82, 2.24) is 48.6 Å². The fraction of sp³-hybridized carbons (Fsp3) is 0.240. The van der Waals surface area contributed by atoms with Crippen LogP contribution in [0, 0.1) is 74.2 Å². The first-order valence-electron chi connectivity index (χ1n) is 21.8. The van der Waals surface area contributed by atoms with Gasteiger partial charge in [-0.1, -0.05) is 0 Å². The maximum Gasteiger partial charge on any atom is 0.194 e. The van der Waals surface area contributed by atoms with E-state index in [1.165, 1.54) is 12.1 Å². The number of benzene rings is 4. The third-order valence-corrected chi connectivity index (χ3v) is 12.0. The quantitative estimate of drug-likeness (QED) is 0.111. The predicted molar refractivity (Wildman–Crippen MR) is 239 cm³/mol. The molecule has 0 fully saturated rings. The molecule has 4 aromatic heterocycles. The van der Waals surface area contributed by atoms with Crippen LogP contribution in [-0.2, 0) is 13.1 Å². The van der Waals surface area contributed by atoms with E-state index in [4.69, 9.17) is 0 Å². The van der Waals surface area contributed by atoms with Crippen LogP contribution >= 0.6 is 0 Å². The van der Waals surface area contributed by atoms with Gasteiger partial charge in [0, 0.05) is 48.4 Å². The summed E-state index contributed by atoms with van der Waals surface area (Å²) in [7, 11) is 0. The van der Waals surface area contributed by atoms with Gasteiger partial charge >= 0.3 is 0 Å². The molecule has 0 N–H and O–H groups in total. The summed E-state index contributed by atoms with van der Waals surface area (Å²) in [5, 5.41) is 8.89. The van der Waals surface area contributed by atoms with E-state index in [0.717, 1.165) is 59.6 Å². The minimum Gasteiger partial charge on any atom is -0.306 e. The number of halogens is 8. The molecule has 18 heteroatoms. The first-order valence-corrected chi connectivity index (χ1v) is 21.8. The van der Waals surface area contributed by atoms with Crippen LogP contribution < -0.4 is 0 Å². The molecule has 348 valence electrons. The standard InChI is InChI=1S/2C25H21F4N5/c2*1-14-8-16(19(26)11-22(14)33-12-15(2)30-13-33)5-6-23-31-25-18(4-3-7-34(25)32-23)17-9-20(27)24(29)21(28)10-17/h2*5-6,8-13,18H,3-4,7H2,1-2H3/b2*6-5+/t2*18-/m10/s1. The normalized spacial score (nSPS) is 15.8. The monoisotopic (exact) mass is 934 g/mol. The van der Waals surface area contributed by atoms with Crippen LogP contribution in [0.4, 0.5) is 35.1 Å². The van der Waals surface area contributed by atoms with Gasteiger partial charge in [0.05, 0.1) is 35.4 Å². The molecular weight excluding hydrogens is 893 g/mol. The summed E-state index contributed by atoms with van der Waals surface area (Å²) in [4.78, 5) is 17.4. The smallest absolute Gasteiger partial charge is 0.194 e. The molecule has 0 bridgehead atoms. The highest BCUT2D eigenvalue weighted by molar-refractivity contribution is 5.69. The maximum atomic E-state index is 14.8. The number of aryl methyl sites for hydroxylation is 6. The SMILES string of the molecule is Cc1cn(-c2cc(F)c(/C=C/c3nc4n(n3)CCC[C@@H]4c3cc(F)c(F)c(F)c3)cc2C)cn1.Cc1cn(-c2cc(F)c(/C=C/c3nc4n(n3)CCC[C@H]4c3cc(F)c(F)c(F)c3)cc2C)cn1. The van der Waals surface area contributed by atoms with Crippen molar-refractivity contribution >= 4 is 24.3 Å².